The highest BCUT2D eigenvalue weighted by Crippen LogP contribution is 2.71. The van der Waals surface area contributed by atoms with Gasteiger partial charge in [-0.15, -0.1) is 0 Å². The molecule has 0 radical (unpaired) electrons. The van der Waals surface area contributed by atoms with Crippen LogP contribution >= 0.6 is 7.92 Å². The second-order valence-corrected chi connectivity index (χ2v) is 11.5. The van der Waals surface area contributed by atoms with Crippen LogP contribution in [-0.2, 0) is 4.79 Å². The van der Waals surface area contributed by atoms with Gasteiger partial charge in [0.05, 0.1) is 0 Å². The molecule has 15 heavy (non-hydrogen) atoms. The molecule has 0 spiro atoms. The minimum Gasteiger partial charge on any atom is -0.300 e. The molecule has 0 N–H and O–H groups in total. The highest BCUT2D eigenvalue weighted by molar-refractivity contribution is 7.62. The third kappa shape index (κ3) is 2.61. The van der Waals surface area contributed by atoms with Crippen LogP contribution < -0.4 is 0 Å². The van der Waals surface area contributed by atoms with E-state index in [1.807, 2.05) is 0 Å². The van der Waals surface area contributed by atoms with Crippen LogP contribution in [0.1, 0.15) is 61.3 Å². The summed E-state index contributed by atoms with van der Waals surface area (Å²) in [6, 6.07) is 0. The highest BCUT2D eigenvalue weighted by atomic mass is 31.1. The van der Waals surface area contributed by atoms with Crippen molar-refractivity contribution in [2.75, 3.05) is 0 Å². The number of ketones is 1. The Morgan fingerprint density at radius 2 is 1.33 bits per heavy atom. The topological polar surface area (TPSA) is 17.1 Å². The Bertz CT molecular complexity index is 251. The van der Waals surface area contributed by atoms with Gasteiger partial charge < -0.3 is 0 Å². The summed E-state index contributed by atoms with van der Waals surface area (Å²) in [6.45, 7) is 16.1. The molecule has 1 rings (SSSR count). The first-order chi connectivity index (χ1) is 6.47. The first-order valence-corrected chi connectivity index (χ1v) is 7.13. The van der Waals surface area contributed by atoms with Crippen LogP contribution in [0.3, 0.4) is 0 Å². The van der Waals surface area contributed by atoms with Crippen LogP contribution in [0.25, 0.3) is 0 Å². The van der Waals surface area contributed by atoms with Crippen molar-refractivity contribution < 1.29 is 4.79 Å². The summed E-state index contributed by atoms with van der Waals surface area (Å²) in [5.74, 6) is 0.452. The first-order valence-electron chi connectivity index (χ1n) is 5.79. The lowest BCUT2D eigenvalue weighted by Gasteiger charge is -2.55. The normalized spacial score (nSPS) is 26.7. The van der Waals surface area contributed by atoms with Crippen molar-refractivity contribution in [2.24, 2.45) is 0 Å². The van der Waals surface area contributed by atoms with Gasteiger partial charge in [0.15, 0.2) is 0 Å². The Balaban J connectivity index is 3.14. The van der Waals surface area contributed by atoms with E-state index < -0.39 is 0 Å². The average molecular weight is 228 g/mol. The van der Waals surface area contributed by atoms with Crippen molar-refractivity contribution in [1.82, 2.24) is 0 Å². The highest BCUT2D eigenvalue weighted by Gasteiger charge is 2.51. The van der Waals surface area contributed by atoms with Gasteiger partial charge >= 0.3 is 0 Å². The summed E-state index contributed by atoms with van der Waals surface area (Å²) in [4.78, 5) is 11.8. The lowest BCUT2D eigenvalue weighted by Crippen LogP contribution is -2.45. The van der Waals surface area contributed by atoms with E-state index in [0.717, 1.165) is 12.8 Å². The molecular weight excluding hydrogens is 203 g/mol. The largest absolute Gasteiger partial charge is 0.300 e. The monoisotopic (exact) mass is 228 g/mol. The molecule has 1 fully saturated rings. The van der Waals surface area contributed by atoms with Gasteiger partial charge in [0.25, 0.3) is 0 Å². The van der Waals surface area contributed by atoms with Crippen molar-refractivity contribution in [3.8, 4) is 0 Å². The molecule has 0 aliphatic carbocycles. The zero-order valence-electron chi connectivity index (χ0n) is 11.3. The molecule has 0 aromatic carbocycles. The molecule has 0 saturated carbocycles. The van der Waals surface area contributed by atoms with E-state index in [1.54, 1.807) is 0 Å². The molecular formula is C13H25OP. The zero-order valence-corrected chi connectivity index (χ0v) is 12.2. The number of hydrogen-bond donors (Lipinski definition) is 0. The van der Waals surface area contributed by atoms with Gasteiger partial charge in [0.1, 0.15) is 5.78 Å². The van der Waals surface area contributed by atoms with E-state index in [-0.39, 0.29) is 18.2 Å². The van der Waals surface area contributed by atoms with Gasteiger partial charge in [-0.3, -0.25) is 4.79 Å². The smallest absolute Gasteiger partial charge is 0.134 e. The summed E-state index contributed by atoms with van der Waals surface area (Å²) in [5.41, 5.74) is 0. The van der Waals surface area contributed by atoms with Crippen LogP contribution in [0.5, 0.6) is 0 Å². The SMILES string of the molecule is CC(C)(C)P1C(C)(C)CC(=O)CC1(C)C. The molecule has 1 saturated heterocycles. The summed E-state index contributed by atoms with van der Waals surface area (Å²) in [5, 5.41) is 0.738. The lowest BCUT2D eigenvalue weighted by atomic mass is 9.96. The van der Waals surface area contributed by atoms with Crippen molar-refractivity contribution in [3.05, 3.63) is 0 Å². The van der Waals surface area contributed by atoms with E-state index in [4.69, 9.17) is 0 Å². The molecule has 1 aliphatic heterocycles. The quantitative estimate of drug-likeness (QED) is 0.568. The van der Waals surface area contributed by atoms with Crippen LogP contribution in [0.15, 0.2) is 0 Å². The maximum atomic E-state index is 11.8. The second-order valence-electron chi connectivity index (χ2n) is 7.02. The molecule has 0 unspecified atom stereocenters. The molecule has 2 heteroatoms. The Hall–Kier alpha value is 0.100. The molecule has 1 aliphatic rings. The minimum atomic E-state index is -0.147. The summed E-state index contributed by atoms with van der Waals surface area (Å²) in [7, 11) is -0.147. The van der Waals surface area contributed by atoms with Crippen molar-refractivity contribution >= 4 is 13.7 Å². The Morgan fingerprint density at radius 3 is 1.60 bits per heavy atom. The number of rotatable bonds is 0. The predicted molar refractivity (Wildman–Crippen MR) is 69.1 cm³/mol. The molecule has 88 valence electrons. The van der Waals surface area contributed by atoms with E-state index >= 15 is 0 Å². The molecule has 0 aromatic heterocycles. The fourth-order valence-corrected chi connectivity index (χ4v) is 9.76. The Morgan fingerprint density at radius 1 is 1.00 bits per heavy atom. The Kier molecular flexibility index (Phi) is 3.12. The van der Waals surface area contributed by atoms with Gasteiger partial charge in [-0.25, -0.2) is 0 Å². The van der Waals surface area contributed by atoms with E-state index in [1.165, 1.54) is 0 Å². The first kappa shape index (κ1) is 13.2. The van der Waals surface area contributed by atoms with Gasteiger partial charge in [-0.2, -0.15) is 0 Å². The van der Waals surface area contributed by atoms with Crippen molar-refractivity contribution in [3.63, 3.8) is 0 Å². The lowest BCUT2D eigenvalue weighted by molar-refractivity contribution is -0.120. The number of Topliss-reactive ketones (excluding diaryl/α,β-unsaturated/α-hetero) is 1. The number of carbonyl (C=O) groups is 1. The maximum absolute atomic E-state index is 11.8. The minimum absolute atomic E-state index is 0.147. The van der Waals surface area contributed by atoms with Crippen LogP contribution in [0, 0.1) is 0 Å². The van der Waals surface area contributed by atoms with E-state index in [2.05, 4.69) is 48.5 Å². The maximum Gasteiger partial charge on any atom is 0.134 e. The third-order valence-corrected chi connectivity index (χ3v) is 7.22. The standard InChI is InChI=1S/C13H25OP/c1-11(2,3)15-12(4,5)8-10(14)9-13(15,6)7/h8-9H2,1-7H3. The van der Waals surface area contributed by atoms with Crippen LogP contribution in [0.2, 0.25) is 0 Å². The fraction of sp³-hybridized carbons (Fsp3) is 0.923. The predicted octanol–water partition coefficient (Wildman–Crippen LogP) is 4.19. The third-order valence-electron chi connectivity index (χ3n) is 3.14. The van der Waals surface area contributed by atoms with Crippen LogP contribution in [0.4, 0.5) is 0 Å². The molecule has 0 aromatic rings. The number of hydrogen-bond acceptors (Lipinski definition) is 1. The van der Waals surface area contributed by atoms with Crippen molar-refractivity contribution in [1.29, 1.82) is 0 Å². The van der Waals surface area contributed by atoms with Gasteiger partial charge in [0, 0.05) is 12.8 Å². The van der Waals surface area contributed by atoms with Crippen molar-refractivity contribution in [2.45, 2.75) is 76.8 Å². The second kappa shape index (κ2) is 3.55. The van der Waals surface area contributed by atoms with E-state index in [0.29, 0.717) is 10.9 Å². The fourth-order valence-electron chi connectivity index (χ4n) is 3.82. The zero-order chi connectivity index (χ0) is 12.1. The van der Waals surface area contributed by atoms with Crippen LogP contribution in [-0.4, -0.2) is 21.3 Å². The van der Waals surface area contributed by atoms with Gasteiger partial charge in [-0.05, 0) is 15.5 Å². The average Bonchev–Trinajstić information content (AvgIpc) is 1.71. The molecule has 0 bridgehead atoms. The van der Waals surface area contributed by atoms with E-state index in [9.17, 15) is 4.79 Å². The molecule has 1 nitrogen and oxygen atoms in total. The molecule has 0 atom stereocenters. The number of carbonyl (C=O) groups excluding carboxylic acids is 1. The van der Waals surface area contributed by atoms with Gasteiger partial charge in [-0.1, -0.05) is 56.4 Å². The molecule has 1 heterocycles. The summed E-state index contributed by atoms with van der Waals surface area (Å²) in [6.07, 6.45) is 1.55. The summed E-state index contributed by atoms with van der Waals surface area (Å²) < 4.78 is 0. The summed E-state index contributed by atoms with van der Waals surface area (Å²) >= 11 is 0. The molecule has 0 amide bonds. The van der Waals surface area contributed by atoms with Gasteiger partial charge in [0.2, 0.25) is 0 Å². The Labute approximate surface area is 95.8 Å².